The van der Waals surface area contributed by atoms with Crippen LogP contribution in [0, 0.1) is 5.82 Å². The Kier molecular flexibility index (Phi) is 4.98. The zero-order valence-corrected chi connectivity index (χ0v) is 12.5. The average Bonchev–Trinajstić information content (AvgIpc) is 2.44. The fourth-order valence-corrected chi connectivity index (χ4v) is 2.32. The zero-order valence-electron chi connectivity index (χ0n) is 10.9. The summed E-state index contributed by atoms with van der Waals surface area (Å²) < 4.78 is 24.6. The Morgan fingerprint density at radius 2 is 2.00 bits per heavy atom. The Morgan fingerprint density at radius 1 is 1.20 bits per heavy atom. The van der Waals surface area contributed by atoms with E-state index in [9.17, 15) is 9.50 Å². The molecule has 0 aromatic heterocycles. The predicted octanol–water partition coefficient (Wildman–Crippen LogP) is 3.67. The topological polar surface area (TPSA) is 38.7 Å². The standard InChI is InChI=1S/C15H14BrFO3/c1-19-14-2-3-15(11(6-14)8-18)20-9-10-4-12(16)7-13(17)5-10/h2-7,18H,8-9H2,1H3. The van der Waals surface area contributed by atoms with Crippen LogP contribution in [0.4, 0.5) is 4.39 Å². The summed E-state index contributed by atoms with van der Waals surface area (Å²) in [6.07, 6.45) is 0. The van der Waals surface area contributed by atoms with Crippen molar-refractivity contribution in [3.8, 4) is 11.5 Å². The summed E-state index contributed by atoms with van der Waals surface area (Å²) in [7, 11) is 1.56. The van der Waals surface area contributed by atoms with Crippen molar-refractivity contribution >= 4 is 15.9 Å². The highest BCUT2D eigenvalue weighted by Crippen LogP contribution is 2.25. The second-order valence-corrected chi connectivity index (χ2v) is 5.11. The fraction of sp³-hybridized carbons (Fsp3) is 0.200. The van der Waals surface area contributed by atoms with Crippen molar-refractivity contribution in [2.24, 2.45) is 0 Å². The van der Waals surface area contributed by atoms with E-state index in [2.05, 4.69) is 15.9 Å². The van der Waals surface area contributed by atoms with Crippen LogP contribution in [0.2, 0.25) is 0 Å². The molecule has 2 aromatic carbocycles. The molecule has 20 heavy (non-hydrogen) atoms. The normalized spacial score (nSPS) is 10.4. The summed E-state index contributed by atoms with van der Waals surface area (Å²) in [5.74, 6) is 0.874. The van der Waals surface area contributed by atoms with Crippen molar-refractivity contribution < 1.29 is 19.0 Å². The first-order valence-electron chi connectivity index (χ1n) is 5.98. The Balaban J connectivity index is 2.14. The van der Waals surface area contributed by atoms with Gasteiger partial charge in [0, 0.05) is 10.0 Å². The van der Waals surface area contributed by atoms with E-state index in [1.807, 2.05) is 0 Å². The van der Waals surface area contributed by atoms with Gasteiger partial charge in [0.05, 0.1) is 13.7 Å². The van der Waals surface area contributed by atoms with Crippen LogP contribution in [-0.2, 0) is 13.2 Å². The number of aliphatic hydroxyl groups is 1. The van der Waals surface area contributed by atoms with Crippen LogP contribution in [0.3, 0.4) is 0 Å². The minimum Gasteiger partial charge on any atom is -0.497 e. The number of ether oxygens (including phenoxy) is 2. The molecule has 1 N–H and O–H groups in total. The third-order valence-electron chi connectivity index (χ3n) is 2.75. The molecular weight excluding hydrogens is 327 g/mol. The van der Waals surface area contributed by atoms with Crippen molar-refractivity contribution in [1.82, 2.24) is 0 Å². The molecule has 0 fully saturated rings. The SMILES string of the molecule is COc1ccc(OCc2cc(F)cc(Br)c2)c(CO)c1. The van der Waals surface area contributed by atoms with E-state index in [-0.39, 0.29) is 19.0 Å². The second kappa shape index (κ2) is 6.72. The van der Waals surface area contributed by atoms with Crippen molar-refractivity contribution in [2.45, 2.75) is 13.2 Å². The Morgan fingerprint density at radius 3 is 2.65 bits per heavy atom. The first kappa shape index (κ1) is 14.8. The smallest absolute Gasteiger partial charge is 0.125 e. The fourth-order valence-electron chi connectivity index (χ4n) is 1.80. The molecule has 106 valence electrons. The number of benzene rings is 2. The average molecular weight is 341 g/mol. The second-order valence-electron chi connectivity index (χ2n) is 4.20. The summed E-state index contributed by atoms with van der Waals surface area (Å²) in [6.45, 7) is 0.0646. The van der Waals surface area contributed by atoms with Gasteiger partial charge in [-0.2, -0.15) is 0 Å². The molecule has 0 radical (unpaired) electrons. The van der Waals surface area contributed by atoms with Gasteiger partial charge in [0.2, 0.25) is 0 Å². The molecule has 0 bridgehead atoms. The molecule has 0 spiro atoms. The largest absolute Gasteiger partial charge is 0.497 e. The number of hydrogen-bond acceptors (Lipinski definition) is 3. The van der Waals surface area contributed by atoms with Gasteiger partial charge < -0.3 is 14.6 Å². The molecule has 0 saturated heterocycles. The van der Waals surface area contributed by atoms with E-state index in [1.165, 1.54) is 12.1 Å². The first-order valence-corrected chi connectivity index (χ1v) is 6.77. The maximum Gasteiger partial charge on any atom is 0.125 e. The zero-order chi connectivity index (χ0) is 14.5. The molecule has 0 aliphatic rings. The van der Waals surface area contributed by atoms with Crippen LogP contribution >= 0.6 is 15.9 Å². The van der Waals surface area contributed by atoms with Crippen molar-refractivity contribution in [1.29, 1.82) is 0 Å². The van der Waals surface area contributed by atoms with E-state index >= 15 is 0 Å². The molecule has 5 heteroatoms. The predicted molar refractivity (Wildman–Crippen MR) is 77.3 cm³/mol. The lowest BCUT2D eigenvalue weighted by Crippen LogP contribution is -2.00. The van der Waals surface area contributed by atoms with Gasteiger partial charge in [-0.25, -0.2) is 4.39 Å². The molecule has 2 rings (SSSR count). The van der Waals surface area contributed by atoms with Gasteiger partial charge in [-0.3, -0.25) is 0 Å². The quantitative estimate of drug-likeness (QED) is 0.902. The van der Waals surface area contributed by atoms with Crippen LogP contribution in [0.5, 0.6) is 11.5 Å². The van der Waals surface area contributed by atoms with Gasteiger partial charge in [0.1, 0.15) is 23.9 Å². The summed E-state index contributed by atoms with van der Waals surface area (Å²) in [4.78, 5) is 0. The van der Waals surface area contributed by atoms with Gasteiger partial charge in [-0.05, 0) is 42.0 Å². The molecule has 0 heterocycles. The summed E-state index contributed by atoms with van der Waals surface area (Å²) in [5, 5.41) is 9.32. The van der Waals surface area contributed by atoms with Crippen LogP contribution < -0.4 is 9.47 Å². The van der Waals surface area contributed by atoms with Crippen LogP contribution in [0.15, 0.2) is 40.9 Å². The minimum absolute atomic E-state index is 0.153. The Bertz CT molecular complexity index is 581. The van der Waals surface area contributed by atoms with E-state index < -0.39 is 0 Å². The molecule has 0 aliphatic carbocycles. The minimum atomic E-state index is -0.324. The van der Waals surface area contributed by atoms with Gasteiger partial charge in [0.15, 0.2) is 0 Å². The Labute approximate surface area is 125 Å². The van der Waals surface area contributed by atoms with Crippen LogP contribution in [0.1, 0.15) is 11.1 Å². The van der Waals surface area contributed by atoms with E-state index in [4.69, 9.17) is 9.47 Å². The van der Waals surface area contributed by atoms with Crippen molar-refractivity contribution in [3.63, 3.8) is 0 Å². The molecule has 0 atom stereocenters. The molecule has 0 saturated carbocycles. The third kappa shape index (κ3) is 3.71. The number of hydrogen-bond donors (Lipinski definition) is 1. The number of aliphatic hydroxyl groups excluding tert-OH is 1. The van der Waals surface area contributed by atoms with E-state index in [0.717, 1.165) is 0 Å². The summed E-state index contributed by atoms with van der Waals surface area (Å²) >= 11 is 3.23. The first-order chi connectivity index (χ1) is 9.62. The van der Waals surface area contributed by atoms with Crippen LogP contribution in [0.25, 0.3) is 0 Å². The maximum absolute atomic E-state index is 13.3. The van der Waals surface area contributed by atoms with Crippen molar-refractivity contribution in [3.05, 3.63) is 57.8 Å². The van der Waals surface area contributed by atoms with Crippen molar-refractivity contribution in [2.75, 3.05) is 7.11 Å². The van der Waals surface area contributed by atoms with E-state index in [0.29, 0.717) is 27.1 Å². The van der Waals surface area contributed by atoms with Gasteiger partial charge in [0.25, 0.3) is 0 Å². The lowest BCUT2D eigenvalue weighted by atomic mass is 10.2. The van der Waals surface area contributed by atoms with Gasteiger partial charge >= 0.3 is 0 Å². The Hall–Kier alpha value is -1.59. The molecule has 0 amide bonds. The number of rotatable bonds is 5. The number of methoxy groups -OCH3 is 1. The van der Waals surface area contributed by atoms with Gasteiger partial charge in [-0.1, -0.05) is 15.9 Å². The number of halogens is 2. The maximum atomic E-state index is 13.3. The highest BCUT2D eigenvalue weighted by molar-refractivity contribution is 9.10. The molecule has 2 aromatic rings. The van der Waals surface area contributed by atoms with E-state index in [1.54, 1.807) is 31.4 Å². The summed E-state index contributed by atoms with van der Waals surface area (Å²) in [5.41, 5.74) is 1.33. The van der Waals surface area contributed by atoms with Crippen LogP contribution in [-0.4, -0.2) is 12.2 Å². The highest BCUT2D eigenvalue weighted by atomic mass is 79.9. The lowest BCUT2D eigenvalue weighted by molar-refractivity contribution is 0.257. The third-order valence-corrected chi connectivity index (χ3v) is 3.21. The summed E-state index contributed by atoms with van der Waals surface area (Å²) in [6, 6.07) is 9.75. The highest BCUT2D eigenvalue weighted by Gasteiger charge is 2.06. The molecule has 0 aliphatic heterocycles. The van der Waals surface area contributed by atoms with Gasteiger partial charge in [-0.15, -0.1) is 0 Å². The lowest BCUT2D eigenvalue weighted by Gasteiger charge is -2.12. The molecule has 0 unspecified atom stereocenters. The molecular formula is C15H14BrFO3. The monoisotopic (exact) mass is 340 g/mol. The molecule has 3 nitrogen and oxygen atoms in total.